The van der Waals surface area contributed by atoms with Crippen LogP contribution < -0.4 is 5.32 Å². The Kier molecular flexibility index (Phi) is 3.07. The normalized spacial score (nSPS) is 27.7. The molecule has 0 radical (unpaired) electrons. The van der Waals surface area contributed by atoms with Gasteiger partial charge in [0.25, 0.3) is 0 Å². The molecule has 2 heterocycles. The molecule has 2 fully saturated rings. The zero-order valence-electron chi connectivity index (χ0n) is 12.9. The van der Waals surface area contributed by atoms with Gasteiger partial charge in [0.1, 0.15) is 17.8 Å². The van der Waals surface area contributed by atoms with Crippen LogP contribution in [-0.2, 0) is 9.59 Å². The molecule has 1 aromatic heterocycles. The Morgan fingerprint density at radius 3 is 2.57 bits per heavy atom. The summed E-state index contributed by atoms with van der Waals surface area (Å²) in [7, 11) is 0. The Labute approximate surface area is 123 Å². The third-order valence-corrected chi connectivity index (χ3v) is 4.79. The van der Waals surface area contributed by atoms with E-state index < -0.39 is 5.54 Å². The molecular formula is C15H21N3O3. The van der Waals surface area contributed by atoms with E-state index in [1.165, 1.54) is 0 Å². The summed E-state index contributed by atoms with van der Waals surface area (Å²) in [6.07, 6.45) is 1.99. The fourth-order valence-corrected chi connectivity index (χ4v) is 3.40. The average molecular weight is 291 g/mol. The third-order valence-electron chi connectivity index (χ3n) is 4.79. The number of rotatable bonds is 3. The minimum atomic E-state index is -0.761. The number of aryl methyl sites for hydroxylation is 2. The van der Waals surface area contributed by atoms with Crippen LogP contribution in [0.5, 0.6) is 0 Å². The van der Waals surface area contributed by atoms with E-state index in [4.69, 9.17) is 4.52 Å². The van der Waals surface area contributed by atoms with Crippen LogP contribution in [0.25, 0.3) is 0 Å². The number of nitrogens with zero attached hydrogens (tertiary/aromatic N) is 2. The second-order valence-electron chi connectivity index (χ2n) is 6.37. The van der Waals surface area contributed by atoms with Crippen LogP contribution in [0.4, 0.5) is 0 Å². The van der Waals surface area contributed by atoms with Gasteiger partial charge in [0.2, 0.25) is 11.8 Å². The first-order valence-electron chi connectivity index (χ1n) is 7.39. The lowest BCUT2D eigenvalue weighted by molar-refractivity contribution is -0.152. The van der Waals surface area contributed by atoms with Crippen molar-refractivity contribution in [2.75, 3.05) is 6.54 Å². The summed E-state index contributed by atoms with van der Waals surface area (Å²) in [5, 5.41) is 6.84. The van der Waals surface area contributed by atoms with E-state index in [1.807, 2.05) is 27.7 Å². The maximum Gasteiger partial charge on any atom is 0.249 e. The number of aromatic nitrogens is 1. The molecule has 2 amide bonds. The summed E-state index contributed by atoms with van der Waals surface area (Å²) < 4.78 is 5.19. The molecule has 114 valence electrons. The monoisotopic (exact) mass is 291 g/mol. The standard InChI is InChI=1S/C15H21N3O3/c1-8-13(10(3)21-17-8)9(2)18-7-12(19)16-15(4,14(18)20)11-5-6-11/h9,11H,5-7H2,1-4H3,(H,16,19). The van der Waals surface area contributed by atoms with Gasteiger partial charge in [-0.3, -0.25) is 9.59 Å². The molecule has 3 rings (SSSR count). The fourth-order valence-electron chi connectivity index (χ4n) is 3.40. The second-order valence-corrected chi connectivity index (χ2v) is 6.37. The van der Waals surface area contributed by atoms with Crippen LogP contribution in [0.3, 0.4) is 0 Å². The zero-order valence-corrected chi connectivity index (χ0v) is 12.9. The van der Waals surface area contributed by atoms with E-state index >= 15 is 0 Å². The first kappa shape index (κ1) is 14.1. The number of hydrogen-bond acceptors (Lipinski definition) is 4. The Bertz CT molecular complexity index is 586. The molecule has 1 saturated heterocycles. The van der Waals surface area contributed by atoms with Crippen molar-refractivity contribution in [3.8, 4) is 0 Å². The van der Waals surface area contributed by atoms with Crippen molar-refractivity contribution >= 4 is 11.8 Å². The maximum atomic E-state index is 12.9. The Morgan fingerprint density at radius 2 is 2.05 bits per heavy atom. The zero-order chi connectivity index (χ0) is 15.4. The lowest BCUT2D eigenvalue weighted by Gasteiger charge is -2.42. The molecule has 6 heteroatoms. The van der Waals surface area contributed by atoms with Gasteiger partial charge in [0, 0.05) is 5.56 Å². The molecule has 0 aromatic carbocycles. The number of amides is 2. The van der Waals surface area contributed by atoms with Crippen LogP contribution in [0.1, 0.15) is 49.7 Å². The van der Waals surface area contributed by atoms with E-state index in [-0.39, 0.29) is 30.3 Å². The van der Waals surface area contributed by atoms with Crippen molar-refractivity contribution in [1.82, 2.24) is 15.4 Å². The molecule has 2 unspecified atom stereocenters. The van der Waals surface area contributed by atoms with Crippen molar-refractivity contribution in [2.24, 2.45) is 5.92 Å². The minimum absolute atomic E-state index is 0.00269. The van der Waals surface area contributed by atoms with E-state index in [9.17, 15) is 9.59 Å². The summed E-state index contributed by atoms with van der Waals surface area (Å²) in [6, 6.07) is -0.215. The van der Waals surface area contributed by atoms with E-state index in [0.717, 1.165) is 24.1 Å². The topological polar surface area (TPSA) is 75.4 Å². The lowest BCUT2D eigenvalue weighted by atomic mass is 9.90. The molecule has 1 N–H and O–H groups in total. The minimum Gasteiger partial charge on any atom is -0.361 e. The molecule has 2 aliphatic rings. The lowest BCUT2D eigenvalue weighted by Crippen LogP contribution is -2.66. The van der Waals surface area contributed by atoms with Gasteiger partial charge in [-0.2, -0.15) is 0 Å². The average Bonchev–Trinajstić information content (AvgIpc) is 3.21. The Balaban J connectivity index is 1.93. The number of nitrogens with one attached hydrogen (secondary N) is 1. The van der Waals surface area contributed by atoms with Gasteiger partial charge < -0.3 is 14.7 Å². The molecule has 0 spiro atoms. The van der Waals surface area contributed by atoms with Crippen molar-refractivity contribution in [3.63, 3.8) is 0 Å². The molecule has 1 aromatic rings. The van der Waals surface area contributed by atoms with Gasteiger partial charge in [-0.25, -0.2) is 0 Å². The smallest absolute Gasteiger partial charge is 0.249 e. The first-order valence-corrected chi connectivity index (χ1v) is 7.39. The number of hydrogen-bond donors (Lipinski definition) is 1. The van der Waals surface area contributed by atoms with Crippen molar-refractivity contribution < 1.29 is 14.1 Å². The Hall–Kier alpha value is -1.85. The summed E-state index contributed by atoms with van der Waals surface area (Å²) in [4.78, 5) is 26.6. The van der Waals surface area contributed by atoms with Crippen molar-refractivity contribution in [3.05, 3.63) is 17.0 Å². The number of carbonyl (C=O) groups is 2. The highest BCUT2D eigenvalue weighted by Gasteiger charge is 2.53. The highest BCUT2D eigenvalue weighted by molar-refractivity contribution is 5.98. The van der Waals surface area contributed by atoms with Gasteiger partial charge in [-0.1, -0.05) is 5.16 Å². The number of piperazine rings is 1. The van der Waals surface area contributed by atoms with Crippen molar-refractivity contribution in [2.45, 2.75) is 52.1 Å². The maximum absolute atomic E-state index is 12.9. The van der Waals surface area contributed by atoms with Crippen molar-refractivity contribution in [1.29, 1.82) is 0 Å². The van der Waals surface area contributed by atoms with Crippen LogP contribution in [0, 0.1) is 19.8 Å². The van der Waals surface area contributed by atoms with Crippen LogP contribution in [0.2, 0.25) is 0 Å². The van der Waals surface area contributed by atoms with Gasteiger partial charge >= 0.3 is 0 Å². The summed E-state index contributed by atoms with van der Waals surface area (Å²) >= 11 is 0. The Morgan fingerprint density at radius 1 is 1.38 bits per heavy atom. The second kappa shape index (κ2) is 4.58. The summed E-state index contributed by atoms with van der Waals surface area (Å²) in [5.41, 5.74) is 0.908. The number of carbonyl (C=O) groups excluding carboxylic acids is 2. The first-order chi connectivity index (χ1) is 9.84. The molecular weight excluding hydrogens is 270 g/mol. The van der Waals surface area contributed by atoms with Gasteiger partial charge in [0.15, 0.2) is 0 Å². The molecule has 21 heavy (non-hydrogen) atoms. The van der Waals surface area contributed by atoms with Gasteiger partial charge in [-0.15, -0.1) is 0 Å². The summed E-state index contributed by atoms with van der Waals surface area (Å²) in [5.74, 6) is 0.861. The van der Waals surface area contributed by atoms with Gasteiger partial charge in [0.05, 0.1) is 11.7 Å². The van der Waals surface area contributed by atoms with Crippen LogP contribution >= 0.6 is 0 Å². The molecule has 6 nitrogen and oxygen atoms in total. The highest BCUT2D eigenvalue weighted by atomic mass is 16.5. The molecule has 0 bridgehead atoms. The van der Waals surface area contributed by atoms with E-state index in [1.54, 1.807) is 4.90 Å². The highest BCUT2D eigenvalue weighted by Crippen LogP contribution is 2.43. The molecule has 1 aliphatic heterocycles. The predicted octanol–water partition coefficient (Wildman–Crippen LogP) is 1.48. The SMILES string of the molecule is Cc1noc(C)c1C(C)N1CC(=O)NC(C)(C2CC2)C1=O. The van der Waals surface area contributed by atoms with Crippen LogP contribution in [0.15, 0.2) is 4.52 Å². The third kappa shape index (κ3) is 2.13. The van der Waals surface area contributed by atoms with Gasteiger partial charge in [-0.05, 0) is 46.5 Å². The predicted molar refractivity (Wildman–Crippen MR) is 75.4 cm³/mol. The molecule has 1 saturated carbocycles. The fraction of sp³-hybridized carbons (Fsp3) is 0.667. The largest absolute Gasteiger partial charge is 0.361 e. The quantitative estimate of drug-likeness (QED) is 0.915. The molecule has 1 aliphatic carbocycles. The summed E-state index contributed by atoms with van der Waals surface area (Å²) in [6.45, 7) is 7.55. The van der Waals surface area contributed by atoms with E-state index in [0.29, 0.717) is 5.76 Å². The van der Waals surface area contributed by atoms with E-state index in [2.05, 4.69) is 10.5 Å². The van der Waals surface area contributed by atoms with Crippen LogP contribution in [-0.4, -0.2) is 34.0 Å². The molecule has 2 atom stereocenters.